The first-order valence-corrected chi connectivity index (χ1v) is 11.5. The molecule has 2 heterocycles. The molecule has 0 bridgehead atoms. The second-order valence-electron chi connectivity index (χ2n) is 7.47. The average Bonchev–Trinajstić information content (AvgIpc) is 2.76. The number of anilines is 1. The number of hydrogen-bond acceptors (Lipinski definition) is 5. The van der Waals surface area contributed by atoms with Gasteiger partial charge in [0.2, 0.25) is 0 Å². The van der Waals surface area contributed by atoms with Gasteiger partial charge in [0.05, 0.1) is 18.2 Å². The van der Waals surface area contributed by atoms with Crippen LogP contribution in [0.2, 0.25) is 0 Å². The summed E-state index contributed by atoms with van der Waals surface area (Å²) in [6, 6.07) is 13.5. The van der Waals surface area contributed by atoms with Gasteiger partial charge in [0.15, 0.2) is 0 Å². The van der Waals surface area contributed by atoms with E-state index in [0.717, 1.165) is 44.8 Å². The number of benzene rings is 2. The van der Waals surface area contributed by atoms with Crippen LogP contribution in [0.1, 0.15) is 12.0 Å². The maximum atomic E-state index is 13.1. The first kappa shape index (κ1) is 20.7. The fraction of sp³-hybridized carbons (Fsp3) is 0.364. The summed E-state index contributed by atoms with van der Waals surface area (Å²) in [6.45, 7) is 4.75. The number of piperazine rings is 1. The first-order chi connectivity index (χ1) is 14.5. The van der Waals surface area contributed by atoms with E-state index < -0.39 is 10.0 Å². The minimum absolute atomic E-state index is 0.224. The predicted molar refractivity (Wildman–Crippen MR) is 115 cm³/mol. The van der Waals surface area contributed by atoms with Crippen molar-refractivity contribution in [2.45, 2.75) is 11.3 Å². The van der Waals surface area contributed by atoms with E-state index in [2.05, 4.69) is 9.80 Å². The topological polar surface area (TPSA) is 53.1 Å². The Bertz CT molecular complexity index is 1020. The summed E-state index contributed by atoms with van der Waals surface area (Å²) >= 11 is 0. The van der Waals surface area contributed by atoms with E-state index in [0.29, 0.717) is 17.9 Å². The SMILES string of the molecule is COC1=CN(CCCN2CCN(c3ccc(F)cc3)CC2)S(=O)(=O)c2ccccc21. The number of sulfonamides is 1. The zero-order chi connectivity index (χ0) is 21.1. The van der Waals surface area contributed by atoms with E-state index in [1.807, 2.05) is 18.2 Å². The maximum Gasteiger partial charge on any atom is 0.264 e. The summed E-state index contributed by atoms with van der Waals surface area (Å²) in [7, 11) is -2.00. The Morgan fingerprint density at radius 2 is 1.67 bits per heavy atom. The molecule has 1 fully saturated rings. The molecule has 0 spiro atoms. The third-order valence-corrected chi connectivity index (χ3v) is 7.45. The van der Waals surface area contributed by atoms with Crippen LogP contribution in [-0.2, 0) is 14.8 Å². The summed E-state index contributed by atoms with van der Waals surface area (Å²) in [6.07, 6.45) is 2.32. The molecule has 0 aliphatic carbocycles. The van der Waals surface area contributed by atoms with Crippen LogP contribution in [0.5, 0.6) is 0 Å². The van der Waals surface area contributed by atoms with Crippen LogP contribution in [0.3, 0.4) is 0 Å². The molecule has 2 aliphatic rings. The van der Waals surface area contributed by atoms with Gasteiger partial charge in [-0.25, -0.2) is 12.8 Å². The van der Waals surface area contributed by atoms with Crippen molar-refractivity contribution in [2.75, 3.05) is 51.3 Å². The highest BCUT2D eigenvalue weighted by Gasteiger charge is 2.31. The maximum absolute atomic E-state index is 13.1. The van der Waals surface area contributed by atoms with Crippen molar-refractivity contribution >= 4 is 21.5 Å². The lowest BCUT2D eigenvalue weighted by Gasteiger charge is -2.36. The van der Waals surface area contributed by atoms with Crippen molar-refractivity contribution in [2.24, 2.45) is 0 Å². The number of rotatable bonds is 6. The van der Waals surface area contributed by atoms with Gasteiger partial charge in [0.1, 0.15) is 11.6 Å². The molecule has 0 amide bonds. The summed E-state index contributed by atoms with van der Waals surface area (Å²) in [5.41, 5.74) is 1.64. The van der Waals surface area contributed by atoms with Crippen molar-refractivity contribution < 1.29 is 17.5 Å². The molecule has 1 saturated heterocycles. The van der Waals surface area contributed by atoms with Crippen LogP contribution >= 0.6 is 0 Å². The molecule has 8 heteroatoms. The fourth-order valence-electron chi connectivity index (χ4n) is 3.97. The Morgan fingerprint density at radius 3 is 2.37 bits per heavy atom. The lowest BCUT2D eigenvalue weighted by atomic mass is 10.2. The zero-order valence-corrected chi connectivity index (χ0v) is 17.8. The second-order valence-corrected chi connectivity index (χ2v) is 9.33. The largest absolute Gasteiger partial charge is 0.495 e. The summed E-state index contributed by atoms with van der Waals surface area (Å²) in [5, 5.41) is 0. The quantitative estimate of drug-likeness (QED) is 0.704. The van der Waals surface area contributed by atoms with Crippen LogP contribution in [-0.4, -0.2) is 64.0 Å². The monoisotopic (exact) mass is 431 g/mol. The van der Waals surface area contributed by atoms with E-state index in [4.69, 9.17) is 4.74 Å². The Kier molecular flexibility index (Phi) is 5.97. The van der Waals surface area contributed by atoms with Crippen molar-refractivity contribution in [3.05, 3.63) is 66.1 Å². The number of fused-ring (bicyclic) bond motifs is 1. The Hall–Kier alpha value is -2.58. The number of hydrogen-bond donors (Lipinski definition) is 0. The van der Waals surface area contributed by atoms with Gasteiger partial charge < -0.3 is 9.64 Å². The zero-order valence-electron chi connectivity index (χ0n) is 17.0. The molecule has 0 N–H and O–H groups in total. The van der Waals surface area contributed by atoms with E-state index in [1.165, 1.54) is 16.4 Å². The third-order valence-electron chi connectivity index (χ3n) is 5.64. The molecule has 0 saturated carbocycles. The van der Waals surface area contributed by atoms with Gasteiger partial charge in [-0.05, 0) is 42.8 Å². The lowest BCUT2D eigenvalue weighted by Crippen LogP contribution is -2.47. The molecule has 2 aromatic carbocycles. The van der Waals surface area contributed by atoms with E-state index in [-0.39, 0.29) is 10.7 Å². The molecule has 2 aromatic rings. The standard InChI is InChI=1S/C22H26FN3O3S/c1-29-21-17-26(30(27,28)22-6-3-2-5-20(21)22)12-4-11-24-13-15-25(16-14-24)19-9-7-18(23)8-10-19/h2-3,5-10,17H,4,11-16H2,1H3. The molecule has 0 atom stereocenters. The molecule has 4 rings (SSSR count). The van der Waals surface area contributed by atoms with Gasteiger partial charge in [-0.3, -0.25) is 9.21 Å². The smallest absolute Gasteiger partial charge is 0.264 e. The molecule has 160 valence electrons. The van der Waals surface area contributed by atoms with Gasteiger partial charge >= 0.3 is 0 Å². The highest BCUT2D eigenvalue weighted by Crippen LogP contribution is 2.32. The van der Waals surface area contributed by atoms with Crippen LogP contribution in [0, 0.1) is 5.82 Å². The molecule has 0 radical (unpaired) electrons. The van der Waals surface area contributed by atoms with Crippen molar-refractivity contribution in [3.8, 4) is 0 Å². The summed E-state index contributed by atoms with van der Waals surface area (Å²) in [5.74, 6) is 0.340. The highest BCUT2D eigenvalue weighted by atomic mass is 32.2. The van der Waals surface area contributed by atoms with Crippen LogP contribution in [0.4, 0.5) is 10.1 Å². The highest BCUT2D eigenvalue weighted by molar-refractivity contribution is 7.89. The molecule has 30 heavy (non-hydrogen) atoms. The second kappa shape index (κ2) is 8.65. The minimum atomic E-state index is -3.56. The Morgan fingerprint density at radius 1 is 0.967 bits per heavy atom. The fourth-order valence-corrected chi connectivity index (χ4v) is 5.52. The van der Waals surface area contributed by atoms with Crippen molar-refractivity contribution in [1.82, 2.24) is 9.21 Å². The summed E-state index contributed by atoms with van der Waals surface area (Å²) < 4.78 is 45.8. The van der Waals surface area contributed by atoms with E-state index >= 15 is 0 Å². The molecule has 2 aliphatic heterocycles. The lowest BCUT2D eigenvalue weighted by molar-refractivity contribution is 0.249. The van der Waals surface area contributed by atoms with Gasteiger partial charge in [-0.15, -0.1) is 0 Å². The molecule has 0 aromatic heterocycles. The molecule has 0 unspecified atom stereocenters. The van der Waals surface area contributed by atoms with Crippen molar-refractivity contribution in [3.63, 3.8) is 0 Å². The van der Waals surface area contributed by atoms with Gasteiger partial charge in [0, 0.05) is 50.5 Å². The predicted octanol–water partition coefficient (Wildman–Crippen LogP) is 2.99. The summed E-state index contributed by atoms with van der Waals surface area (Å²) in [4.78, 5) is 4.87. The minimum Gasteiger partial charge on any atom is -0.495 e. The Balaban J connectivity index is 1.32. The van der Waals surface area contributed by atoms with Crippen LogP contribution < -0.4 is 4.90 Å². The van der Waals surface area contributed by atoms with Crippen LogP contribution in [0.25, 0.3) is 5.76 Å². The van der Waals surface area contributed by atoms with Gasteiger partial charge in [-0.2, -0.15) is 0 Å². The number of halogens is 1. The third kappa shape index (κ3) is 4.15. The van der Waals surface area contributed by atoms with E-state index in [9.17, 15) is 12.8 Å². The number of methoxy groups -OCH3 is 1. The van der Waals surface area contributed by atoms with Gasteiger partial charge in [0.25, 0.3) is 10.0 Å². The number of ether oxygens (including phenoxy) is 1. The normalized spacial score (nSPS) is 18.7. The molecular formula is C22H26FN3O3S. The average molecular weight is 432 g/mol. The Labute approximate surface area is 177 Å². The van der Waals surface area contributed by atoms with E-state index in [1.54, 1.807) is 31.5 Å². The van der Waals surface area contributed by atoms with Crippen LogP contribution in [0.15, 0.2) is 59.6 Å². The van der Waals surface area contributed by atoms with Crippen molar-refractivity contribution in [1.29, 1.82) is 0 Å². The van der Waals surface area contributed by atoms with Gasteiger partial charge in [-0.1, -0.05) is 12.1 Å². The number of nitrogens with zero attached hydrogens (tertiary/aromatic N) is 3. The molecular weight excluding hydrogens is 405 g/mol. The first-order valence-electron chi connectivity index (χ1n) is 10.1. The molecule has 6 nitrogen and oxygen atoms in total.